The molecule has 0 spiro atoms. The fraction of sp³-hybridized carbons (Fsp3) is 0.133. The summed E-state index contributed by atoms with van der Waals surface area (Å²) in [7, 11) is 1.27. The van der Waals surface area contributed by atoms with Gasteiger partial charge < -0.3 is 14.9 Å². The van der Waals surface area contributed by atoms with Gasteiger partial charge in [0.25, 0.3) is 0 Å². The van der Waals surface area contributed by atoms with Crippen LogP contribution < -0.4 is 0 Å². The monoisotopic (exact) mass is 292 g/mol. The molecule has 0 fully saturated rings. The van der Waals surface area contributed by atoms with Crippen LogP contribution in [0.15, 0.2) is 42.5 Å². The number of hydrogen-bond acceptors (Lipinski definition) is 4. The summed E-state index contributed by atoms with van der Waals surface area (Å²) in [6, 6.07) is 10.8. The summed E-state index contributed by atoms with van der Waals surface area (Å²) in [5.41, 5.74) is 0.952. The zero-order chi connectivity index (χ0) is 14.7. The largest absolute Gasteiger partial charge is 0.508 e. The van der Waals surface area contributed by atoms with E-state index < -0.39 is 11.9 Å². The summed E-state index contributed by atoms with van der Waals surface area (Å²) in [6.45, 7) is 0. The van der Waals surface area contributed by atoms with Crippen LogP contribution >= 0.6 is 11.6 Å². The third-order valence-corrected chi connectivity index (χ3v) is 3.26. The molecule has 1 atom stereocenters. The molecule has 0 amide bonds. The Kier molecular flexibility index (Phi) is 4.15. The van der Waals surface area contributed by atoms with E-state index in [2.05, 4.69) is 0 Å². The van der Waals surface area contributed by atoms with Crippen molar-refractivity contribution in [3.8, 4) is 11.5 Å². The van der Waals surface area contributed by atoms with Gasteiger partial charge in [0.05, 0.1) is 7.11 Å². The maximum Gasteiger partial charge on any atom is 0.317 e. The summed E-state index contributed by atoms with van der Waals surface area (Å²) in [6.07, 6.45) is 0. The summed E-state index contributed by atoms with van der Waals surface area (Å²) >= 11 is 6.12. The number of phenols is 2. The first-order valence-corrected chi connectivity index (χ1v) is 6.26. The van der Waals surface area contributed by atoms with Crippen molar-refractivity contribution in [2.75, 3.05) is 7.11 Å². The highest BCUT2D eigenvalue weighted by molar-refractivity contribution is 6.31. The van der Waals surface area contributed by atoms with Gasteiger partial charge in [-0.05, 0) is 29.3 Å². The minimum Gasteiger partial charge on any atom is -0.508 e. The second-order valence-corrected chi connectivity index (χ2v) is 4.67. The van der Waals surface area contributed by atoms with E-state index in [-0.39, 0.29) is 11.5 Å². The lowest BCUT2D eigenvalue weighted by molar-refractivity contribution is -0.141. The van der Waals surface area contributed by atoms with Gasteiger partial charge in [-0.3, -0.25) is 4.79 Å². The molecule has 2 N–H and O–H groups in total. The van der Waals surface area contributed by atoms with E-state index in [9.17, 15) is 15.0 Å². The van der Waals surface area contributed by atoms with Crippen molar-refractivity contribution < 1.29 is 19.7 Å². The van der Waals surface area contributed by atoms with E-state index in [4.69, 9.17) is 16.3 Å². The minimum atomic E-state index is -0.813. The molecule has 0 aromatic heterocycles. The van der Waals surface area contributed by atoms with Crippen molar-refractivity contribution in [2.24, 2.45) is 0 Å². The molecule has 104 valence electrons. The van der Waals surface area contributed by atoms with Crippen molar-refractivity contribution in [3.63, 3.8) is 0 Å². The highest BCUT2D eigenvalue weighted by Gasteiger charge is 2.26. The number of rotatable bonds is 3. The van der Waals surface area contributed by atoms with Crippen molar-refractivity contribution in [3.05, 3.63) is 58.6 Å². The van der Waals surface area contributed by atoms with Crippen molar-refractivity contribution in [1.29, 1.82) is 0 Å². The second kappa shape index (κ2) is 5.84. The molecule has 0 aliphatic rings. The van der Waals surface area contributed by atoms with Crippen molar-refractivity contribution in [2.45, 2.75) is 5.92 Å². The van der Waals surface area contributed by atoms with E-state index in [0.29, 0.717) is 16.1 Å². The van der Waals surface area contributed by atoms with Gasteiger partial charge in [0.15, 0.2) is 0 Å². The molecule has 2 rings (SSSR count). The first kappa shape index (κ1) is 14.2. The van der Waals surface area contributed by atoms with Crippen LogP contribution in [-0.4, -0.2) is 23.3 Å². The molecule has 0 radical (unpaired) electrons. The molecule has 5 heteroatoms. The predicted molar refractivity (Wildman–Crippen MR) is 75.1 cm³/mol. The van der Waals surface area contributed by atoms with E-state index >= 15 is 0 Å². The molecule has 4 nitrogen and oxygen atoms in total. The first-order valence-electron chi connectivity index (χ1n) is 5.88. The lowest BCUT2D eigenvalue weighted by Gasteiger charge is -2.17. The van der Waals surface area contributed by atoms with Crippen molar-refractivity contribution >= 4 is 17.6 Å². The quantitative estimate of drug-likeness (QED) is 0.853. The average Bonchev–Trinajstić information content (AvgIpc) is 2.40. The Hall–Kier alpha value is -2.20. The van der Waals surface area contributed by atoms with Crippen molar-refractivity contribution in [1.82, 2.24) is 0 Å². The van der Waals surface area contributed by atoms with Crippen LogP contribution in [0.5, 0.6) is 11.5 Å². The van der Waals surface area contributed by atoms with Gasteiger partial charge in [0.1, 0.15) is 17.4 Å². The molecule has 2 aromatic carbocycles. The molecule has 0 aliphatic heterocycles. The second-order valence-electron chi connectivity index (χ2n) is 4.26. The van der Waals surface area contributed by atoms with E-state index in [1.165, 1.54) is 25.3 Å². The van der Waals surface area contributed by atoms with Crippen LogP contribution in [0.1, 0.15) is 17.0 Å². The van der Waals surface area contributed by atoms with Crippen LogP contribution in [0.4, 0.5) is 0 Å². The van der Waals surface area contributed by atoms with Gasteiger partial charge in [0, 0.05) is 11.1 Å². The van der Waals surface area contributed by atoms with Crippen LogP contribution in [0.2, 0.25) is 5.02 Å². The molecular formula is C15H13ClO4. The maximum atomic E-state index is 12.0. The SMILES string of the molecule is COC(=O)C(c1cc(O)cc(O)c1)c1ccccc1Cl. The molecule has 0 saturated heterocycles. The minimum absolute atomic E-state index is 0.138. The Morgan fingerprint density at radius 1 is 1.15 bits per heavy atom. The number of carbonyl (C=O) groups is 1. The normalized spacial score (nSPS) is 11.9. The Bertz CT molecular complexity index is 619. The Morgan fingerprint density at radius 3 is 2.30 bits per heavy atom. The Labute approximate surface area is 121 Å². The van der Waals surface area contributed by atoms with Gasteiger partial charge in [-0.2, -0.15) is 0 Å². The lowest BCUT2D eigenvalue weighted by Crippen LogP contribution is -2.16. The summed E-state index contributed by atoms with van der Waals surface area (Å²) in [4.78, 5) is 12.0. The van der Waals surface area contributed by atoms with Crippen LogP contribution in [0.3, 0.4) is 0 Å². The third-order valence-electron chi connectivity index (χ3n) is 2.91. The molecule has 1 unspecified atom stereocenters. The predicted octanol–water partition coefficient (Wildman–Crippen LogP) is 3.06. The van der Waals surface area contributed by atoms with E-state index in [1.807, 2.05) is 0 Å². The topological polar surface area (TPSA) is 66.8 Å². The van der Waals surface area contributed by atoms with Crippen LogP contribution in [0, 0.1) is 0 Å². The number of hydrogen-bond donors (Lipinski definition) is 2. The zero-order valence-corrected chi connectivity index (χ0v) is 11.5. The highest BCUT2D eigenvalue weighted by atomic mass is 35.5. The zero-order valence-electron chi connectivity index (χ0n) is 10.7. The number of aromatic hydroxyl groups is 2. The van der Waals surface area contributed by atoms with Gasteiger partial charge in [-0.1, -0.05) is 29.8 Å². The van der Waals surface area contributed by atoms with Crippen LogP contribution in [0.25, 0.3) is 0 Å². The summed E-state index contributed by atoms with van der Waals surface area (Å²) in [5.74, 6) is -1.61. The fourth-order valence-corrected chi connectivity index (χ4v) is 2.30. The smallest absolute Gasteiger partial charge is 0.317 e. The number of benzene rings is 2. The fourth-order valence-electron chi connectivity index (χ4n) is 2.05. The first-order chi connectivity index (χ1) is 9.52. The molecule has 0 saturated carbocycles. The van der Waals surface area contributed by atoms with Gasteiger partial charge in [0.2, 0.25) is 0 Å². The third kappa shape index (κ3) is 2.86. The Morgan fingerprint density at radius 2 is 1.75 bits per heavy atom. The lowest BCUT2D eigenvalue weighted by atomic mass is 9.91. The number of carbonyl (C=O) groups excluding carboxylic acids is 1. The van der Waals surface area contributed by atoms with Crippen LogP contribution in [-0.2, 0) is 9.53 Å². The van der Waals surface area contributed by atoms with E-state index in [0.717, 1.165) is 0 Å². The highest BCUT2D eigenvalue weighted by Crippen LogP contribution is 2.34. The van der Waals surface area contributed by atoms with E-state index in [1.54, 1.807) is 24.3 Å². The average molecular weight is 293 g/mol. The molecule has 20 heavy (non-hydrogen) atoms. The van der Waals surface area contributed by atoms with Gasteiger partial charge in [-0.15, -0.1) is 0 Å². The molecular weight excluding hydrogens is 280 g/mol. The number of halogens is 1. The molecule has 0 aliphatic carbocycles. The number of ether oxygens (including phenoxy) is 1. The number of methoxy groups -OCH3 is 1. The van der Waals surface area contributed by atoms with Gasteiger partial charge in [-0.25, -0.2) is 0 Å². The molecule has 0 heterocycles. The summed E-state index contributed by atoms with van der Waals surface area (Å²) < 4.78 is 4.80. The molecule has 0 bridgehead atoms. The maximum absolute atomic E-state index is 12.0. The summed E-state index contributed by atoms with van der Waals surface area (Å²) in [5, 5.41) is 19.5. The number of phenolic OH excluding ortho intramolecular Hbond substituents is 2. The number of esters is 1. The van der Waals surface area contributed by atoms with Gasteiger partial charge >= 0.3 is 5.97 Å². The molecule has 2 aromatic rings. The Balaban J connectivity index is 2.59. The standard InChI is InChI=1S/C15H13ClO4/c1-20-15(19)14(12-4-2-3-5-13(12)16)9-6-10(17)8-11(18)7-9/h2-8,14,17-18H,1H3.